The number of hydrogen-bond donors (Lipinski definition) is 1. The topological polar surface area (TPSA) is 26.0 Å². The number of thiophene rings is 1. The quantitative estimate of drug-likeness (QED) is 0.840. The lowest BCUT2D eigenvalue weighted by molar-refractivity contribution is 0.459. The Morgan fingerprint density at radius 1 is 1.21 bits per heavy atom. The van der Waals surface area contributed by atoms with Gasteiger partial charge in [0.15, 0.2) is 0 Å². The van der Waals surface area contributed by atoms with Gasteiger partial charge < -0.3 is 5.73 Å². The summed E-state index contributed by atoms with van der Waals surface area (Å²) in [5.41, 5.74) is 9.35. The lowest BCUT2D eigenvalue weighted by atomic mass is 9.74. The molecule has 1 aromatic carbocycles. The highest BCUT2D eigenvalue weighted by Crippen LogP contribution is 2.38. The van der Waals surface area contributed by atoms with Crippen molar-refractivity contribution in [1.82, 2.24) is 0 Å². The van der Waals surface area contributed by atoms with Crippen LogP contribution in [0.15, 0.2) is 41.8 Å². The fraction of sp³-hybridized carbons (Fsp3) is 0.412. The van der Waals surface area contributed by atoms with Crippen LogP contribution in [-0.2, 0) is 12.8 Å². The molecule has 1 heterocycles. The SMILES string of the molecule is NC(CCCc1cccs1)CC1Cc2ccccc21. The normalized spacial score (nSPS) is 18.7. The van der Waals surface area contributed by atoms with E-state index in [0.717, 1.165) is 12.8 Å². The van der Waals surface area contributed by atoms with Gasteiger partial charge in [0.05, 0.1) is 0 Å². The van der Waals surface area contributed by atoms with E-state index in [2.05, 4.69) is 41.8 Å². The number of rotatable bonds is 6. The predicted octanol–water partition coefficient (Wildman–Crippen LogP) is 4.13. The van der Waals surface area contributed by atoms with Crippen LogP contribution in [0.4, 0.5) is 0 Å². The van der Waals surface area contributed by atoms with Crippen molar-refractivity contribution in [2.75, 3.05) is 0 Å². The second-order valence-corrected chi connectivity index (χ2v) is 6.60. The predicted molar refractivity (Wildman–Crippen MR) is 82.7 cm³/mol. The second kappa shape index (κ2) is 5.89. The molecule has 1 aliphatic carbocycles. The van der Waals surface area contributed by atoms with E-state index >= 15 is 0 Å². The first-order valence-corrected chi connectivity index (χ1v) is 8.06. The van der Waals surface area contributed by atoms with Crippen LogP contribution < -0.4 is 5.73 Å². The molecule has 1 nitrogen and oxygen atoms in total. The smallest absolute Gasteiger partial charge is 0.00452 e. The van der Waals surface area contributed by atoms with Crippen molar-refractivity contribution in [2.24, 2.45) is 5.73 Å². The maximum Gasteiger partial charge on any atom is 0.00452 e. The highest BCUT2D eigenvalue weighted by molar-refractivity contribution is 7.09. The van der Waals surface area contributed by atoms with Gasteiger partial charge in [-0.1, -0.05) is 30.3 Å². The Morgan fingerprint density at radius 3 is 2.89 bits per heavy atom. The minimum Gasteiger partial charge on any atom is -0.328 e. The van der Waals surface area contributed by atoms with Crippen molar-refractivity contribution in [3.8, 4) is 0 Å². The molecular formula is C17H21NS. The highest BCUT2D eigenvalue weighted by atomic mass is 32.1. The van der Waals surface area contributed by atoms with Gasteiger partial charge >= 0.3 is 0 Å². The number of hydrogen-bond acceptors (Lipinski definition) is 2. The Morgan fingerprint density at radius 2 is 2.11 bits per heavy atom. The van der Waals surface area contributed by atoms with Crippen LogP contribution in [0.3, 0.4) is 0 Å². The van der Waals surface area contributed by atoms with Gasteiger partial charge in [0.1, 0.15) is 0 Å². The third kappa shape index (κ3) is 3.07. The van der Waals surface area contributed by atoms with Crippen LogP contribution in [0.2, 0.25) is 0 Å². The third-order valence-electron chi connectivity index (χ3n) is 4.13. The van der Waals surface area contributed by atoms with Crippen molar-refractivity contribution < 1.29 is 0 Å². The zero-order chi connectivity index (χ0) is 13.1. The summed E-state index contributed by atoms with van der Waals surface area (Å²) in [5, 5.41) is 2.15. The summed E-state index contributed by atoms with van der Waals surface area (Å²) in [5.74, 6) is 0.716. The minimum atomic E-state index is 0.360. The van der Waals surface area contributed by atoms with Gasteiger partial charge in [-0.05, 0) is 60.6 Å². The average molecular weight is 271 g/mol. The molecule has 0 saturated carbocycles. The third-order valence-corrected chi connectivity index (χ3v) is 5.06. The number of aryl methyl sites for hydroxylation is 1. The van der Waals surface area contributed by atoms with Crippen molar-refractivity contribution in [3.05, 3.63) is 57.8 Å². The van der Waals surface area contributed by atoms with E-state index in [1.807, 2.05) is 11.3 Å². The first kappa shape index (κ1) is 12.9. The first-order valence-electron chi connectivity index (χ1n) is 7.18. The summed E-state index contributed by atoms with van der Waals surface area (Å²) in [6.07, 6.45) is 5.94. The van der Waals surface area contributed by atoms with Gasteiger partial charge in [-0.3, -0.25) is 0 Å². The molecule has 3 rings (SSSR count). The van der Waals surface area contributed by atoms with Crippen LogP contribution in [0, 0.1) is 0 Å². The zero-order valence-electron chi connectivity index (χ0n) is 11.2. The molecule has 1 aliphatic rings. The van der Waals surface area contributed by atoms with Crippen molar-refractivity contribution in [2.45, 2.75) is 44.1 Å². The Balaban J connectivity index is 1.42. The van der Waals surface area contributed by atoms with Gasteiger partial charge in [-0.15, -0.1) is 11.3 Å². The summed E-state index contributed by atoms with van der Waals surface area (Å²) in [6.45, 7) is 0. The van der Waals surface area contributed by atoms with Crippen LogP contribution in [0.25, 0.3) is 0 Å². The molecule has 2 N–H and O–H groups in total. The van der Waals surface area contributed by atoms with Crippen LogP contribution in [-0.4, -0.2) is 6.04 Å². The number of benzene rings is 1. The van der Waals surface area contributed by atoms with Crippen molar-refractivity contribution in [3.63, 3.8) is 0 Å². The standard InChI is InChI=1S/C17H21NS/c18-15(6-3-7-16-8-4-10-19-16)12-14-11-13-5-1-2-9-17(13)14/h1-2,4-5,8-10,14-15H,3,6-7,11-12,18H2. The summed E-state index contributed by atoms with van der Waals surface area (Å²) < 4.78 is 0. The van der Waals surface area contributed by atoms with Crippen LogP contribution in [0.5, 0.6) is 0 Å². The Bertz CT molecular complexity index is 518. The monoisotopic (exact) mass is 271 g/mol. The van der Waals surface area contributed by atoms with Crippen LogP contribution in [0.1, 0.15) is 41.2 Å². The van der Waals surface area contributed by atoms with E-state index in [4.69, 9.17) is 5.73 Å². The fourth-order valence-electron chi connectivity index (χ4n) is 3.05. The van der Waals surface area contributed by atoms with Crippen molar-refractivity contribution >= 4 is 11.3 Å². The van der Waals surface area contributed by atoms with Gasteiger partial charge in [0, 0.05) is 10.9 Å². The van der Waals surface area contributed by atoms with E-state index in [1.54, 1.807) is 0 Å². The summed E-state index contributed by atoms with van der Waals surface area (Å²) >= 11 is 1.85. The molecule has 0 spiro atoms. The highest BCUT2D eigenvalue weighted by Gasteiger charge is 2.26. The summed E-state index contributed by atoms with van der Waals surface area (Å²) in [7, 11) is 0. The Labute approximate surface area is 119 Å². The molecule has 2 unspecified atom stereocenters. The zero-order valence-corrected chi connectivity index (χ0v) is 12.0. The van der Waals surface area contributed by atoms with E-state index in [0.29, 0.717) is 12.0 Å². The molecular weight excluding hydrogens is 250 g/mol. The molecule has 0 amide bonds. The first-order chi connectivity index (χ1) is 9.33. The number of fused-ring (bicyclic) bond motifs is 1. The molecule has 0 bridgehead atoms. The minimum absolute atomic E-state index is 0.360. The molecule has 1 aromatic heterocycles. The molecule has 2 atom stereocenters. The van der Waals surface area contributed by atoms with E-state index in [1.165, 1.54) is 35.3 Å². The van der Waals surface area contributed by atoms with Crippen molar-refractivity contribution in [1.29, 1.82) is 0 Å². The molecule has 0 fully saturated rings. The second-order valence-electron chi connectivity index (χ2n) is 5.57. The molecule has 2 aromatic rings. The molecule has 2 heteroatoms. The van der Waals surface area contributed by atoms with Crippen LogP contribution >= 0.6 is 11.3 Å². The Hall–Kier alpha value is -1.12. The summed E-state index contributed by atoms with van der Waals surface area (Å²) in [4.78, 5) is 1.49. The maximum absolute atomic E-state index is 6.28. The Kier molecular flexibility index (Phi) is 4.00. The number of nitrogens with two attached hydrogens (primary N) is 1. The molecule has 0 saturated heterocycles. The largest absolute Gasteiger partial charge is 0.328 e. The fourth-order valence-corrected chi connectivity index (χ4v) is 3.80. The molecule has 0 radical (unpaired) electrons. The van der Waals surface area contributed by atoms with E-state index < -0.39 is 0 Å². The molecule has 100 valence electrons. The van der Waals surface area contributed by atoms with E-state index in [9.17, 15) is 0 Å². The maximum atomic E-state index is 6.28. The van der Waals surface area contributed by atoms with E-state index in [-0.39, 0.29) is 0 Å². The molecule has 19 heavy (non-hydrogen) atoms. The summed E-state index contributed by atoms with van der Waals surface area (Å²) in [6, 6.07) is 13.5. The molecule has 0 aliphatic heterocycles. The van der Waals surface area contributed by atoms with Gasteiger partial charge in [0.2, 0.25) is 0 Å². The van der Waals surface area contributed by atoms with Gasteiger partial charge in [-0.25, -0.2) is 0 Å². The lowest BCUT2D eigenvalue weighted by Crippen LogP contribution is -2.28. The average Bonchev–Trinajstić information content (AvgIpc) is 2.89. The van der Waals surface area contributed by atoms with Gasteiger partial charge in [0.25, 0.3) is 0 Å². The lowest BCUT2D eigenvalue weighted by Gasteiger charge is -2.32. The van der Waals surface area contributed by atoms with Gasteiger partial charge in [-0.2, -0.15) is 0 Å².